The molecule has 0 amide bonds. The summed E-state index contributed by atoms with van der Waals surface area (Å²) in [7, 11) is -2.58. The predicted molar refractivity (Wildman–Crippen MR) is 75.5 cm³/mol. The Labute approximate surface area is 111 Å². The van der Waals surface area contributed by atoms with Gasteiger partial charge in [0.25, 0.3) is 0 Å². The fourth-order valence-electron chi connectivity index (χ4n) is 1.75. The largest absolute Gasteiger partial charge is 0.393 e. The van der Waals surface area contributed by atoms with Crippen LogP contribution in [0.4, 0.5) is 0 Å². The molecule has 0 aliphatic carbocycles. The van der Waals surface area contributed by atoms with Gasteiger partial charge in [-0.3, -0.25) is 0 Å². The van der Waals surface area contributed by atoms with E-state index < -0.39 is 14.3 Å². The van der Waals surface area contributed by atoms with E-state index in [4.69, 9.17) is 8.85 Å². The molecule has 0 spiro atoms. The van der Waals surface area contributed by atoms with Crippen molar-refractivity contribution in [1.82, 2.24) is 0 Å². The van der Waals surface area contributed by atoms with Crippen molar-refractivity contribution in [2.45, 2.75) is 39.0 Å². The summed E-state index contributed by atoms with van der Waals surface area (Å²) in [5, 5.41) is 10.5. The van der Waals surface area contributed by atoms with Crippen molar-refractivity contribution in [1.29, 1.82) is 0 Å². The van der Waals surface area contributed by atoms with Gasteiger partial charge in [-0.2, -0.15) is 0 Å². The van der Waals surface area contributed by atoms with Gasteiger partial charge in [-0.1, -0.05) is 44.2 Å². The summed E-state index contributed by atoms with van der Waals surface area (Å²) in [6.07, 6.45) is 1.86. The molecule has 0 aliphatic heterocycles. The fraction of sp³-hybridized carbons (Fsp3) is 0.571. The van der Waals surface area contributed by atoms with Crippen LogP contribution in [0.25, 0.3) is 0 Å². The van der Waals surface area contributed by atoms with Crippen molar-refractivity contribution in [3.8, 4) is 0 Å². The predicted octanol–water partition coefficient (Wildman–Crippen LogP) is 3.18. The van der Waals surface area contributed by atoms with E-state index in [9.17, 15) is 5.11 Å². The SMILES string of the molecule is CCCO[Si](C)(OCCC)C(O)c1ccccc1. The molecule has 0 saturated heterocycles. The topological polar surface area (TPSA) is 38.7 Å². The first-order chi connectivity index (χ1) is 8.64. The van der Waals surface area contributed by atoms with E-state index >= 15 is 0 Å². The highest BCUT2D eigenvalue weighted by molar-refractivity contribution is 6.67. The van der Waals surface area contributed by atoms with Gasteiger partial charge in [0.05, 0.1) is 0 Å². The minimum atomic E-state index is -2.58. The standard InChI is InChI=1S/C14H24O3Si/c1-4-11-16-18(3,17-12-5-2)14(15)13-9-7-6-8-10-13/h6-10,14-15H,4-5,11-12H2,1-3H3. The Bertz CT molecular complexity index is 321. The van der Waals surface area contributed by atoms with Crippen molar-refractivity contribution in [2.24, 2.45) is 0 Å². The molecular weight excluding hydrogens is 244 g/mol. The molecule has 0 aromatic heterocycles. The summed E-state index contributed by atoms with van der Waals surface area (Å²) in [5.41, 5.74) is 0.232. The third kappa shape index (κ3) is 4.21. The third-order valence-corrected chi connectivity index (χ3v) is 5.68. The van der Waals surface area contributed by atoms with Crippen molar-refractivity contribution in [3.05, 3.63) is 35.9 Å². The van der Waals surface area contributed by atoms with Crippen molar-refractivity contribution >= 4 is 8.56 Å². The first kappa shape index (κ1) is 15.4. The van der Waals surface area contributed by atoms with Gasteiger partial charge in [0.2, 0.25) is 0 Å². The molecule has 18 heavy (non-hydrogen) atoms. The van der Waals surface area contributed by atoms with Crippen molar-refractivity contribution in [2.75, 3.05) is 13.2 Å². The summed E-state index contributed by atoms with van der Waals surface area (Å²) in [6, 6.07) is 9.62. The summed E-state index contributed by atoms with van der Waals surface area (Å²) in [4.78, 5) is 0. The van der Waals surface area contributed by atoms with Crippen LogP contribution in [0.5, 0.6) is 0 Å². The molecular formula is C14H24O3Si. The molecule has 1 aromatic carbocycles. The van der Waals surface area contributed by atoms with Gasteiger partial charge in [0, 0.05) is 13.2 Å². The Morgan fingerprint density at radius 3 is 2.00 bits per heavy atom. The van der Waals surface area contributed by atoms with Crippen molar-refractivity contribution < 1.29 is 14.0 Å². The number of aliphatic hydroxyl groups excluding tert-OH is 1. The van der Waals surface area contributed by atoms with Gasteiger partial charge < -0.3 is 14.0 Å². The number of hydrogen-bond donors (Lipinski definition) is 1. The average Bonchev–Trinajstić information content (AvgIpc) is 2.43. The average molecular weight is 268 g/mol. The smallest absolute Gasteiger partial charge is 0.369 e. The molecule has 0 saturated carbocycles. The highest BCUT2D eigenvalue weighted by Crippen LogP contribution is 2.26. The van der Waals surface area contributed by atoms with Crippen molar-refractivity contribution in [3.63, 3.8) is 0 Å². The minimum Gasteiger partial charge on any atom is -0.393 e. The number of aliphatic hydroxyl groups is 1. The molecule has 4 heteroatoms. The van der Waals surface area contributed by atoms with E-state index in [0.29, 0.717) is 13.2 Å². The number of benzene rings is 1. The van der Waals surface area contributed by atoms with Crippen LogP contribution in [0.2, 0.25) is 6.55 Å². The lowest BCUT2D eigenvalue weighted by molar-refractivity contribution is 0.108. The summed E-state index contributed by atoms with van der Waals surface area (Å²) < 4.78 is 11.7. The van der Waals surface area contributed by atoms with E-state index in [1.807, 2.05) is 36.9 Å². The maximum atomic E-state index is 10.5. The summed E-state index contributed by atoms with van der Waals surface area (Å²) in [6.45, 7) is 7.33. The summed E-state index contributed by atoms with van der Waals surface area (Å²) in [5.74, 6) is 0. The maximum absolute atomic E-state index is 10.5. The van der Waals surface area contributed by atoms with Crippen LogP contribution in [0, 0.1) is 0 Å². The van der Waals surface area contributed by atoms with Crippen LogP contribution in [0.1, 0.15) is 38.0 Å². The molecule has 1 unspecified atom stereocenters. The van der Waals surface area contributed by atoms with E-state index in [2.05, 4.69) is 13.8 Å². The van der Waals surface area contributed by atoms with Crippen LogP contribution in [-0.2, 0) is 8.85 Å². The van der Waals surface area contributed by atoms with Crippen LogP contribution < -0.4 is 0 Å². The molecule has 1 atom stereocenters. The van der Waals surface area contributed by atoms with Gasteiger partial charge in [0.1, 0.15) is 5.73 Å². The van der Waals surface area contributed by atoms with Gasteiger partial charge >= 0.3 is 8.56 Å². The number of rotatable bonds is 8. The first-order valence-corrected chi connectivity index (χ1v) is 9.04. The van der Waals surface area contributed by atoms with Crippen LogP contribution >= 0.6 is 0 Å². The Morgan fingerprint density at radius 1 is 1.06 bits per heavy atom. The molecule has 0 heterocycles. The van der Waals surface area contributed by atoms with E-state index in [-0.39, 0.29) is 0 Å². The highest BCUT2D eigenvalue weighted by Gasteiger charge is 2.41. The van der Waals surface area contributed by atoms with Crippen LogP contribution in [0.3, 0.4) is 0 Å². The quantitative estimate of drug-likeness (QED) is 0.736. The molecule has 0 bridgehead atoms. The van der Waals surface area contributed by atoms with Gasteiger partial charge in [-0.25, -0.2) is 0 Å². The fourth-order valence-corrected chi connectivity index (χ4v) is 4.16. The molecule has 3 nitrogen and oxygen atoms in total. The zero-order chi connectivity index (χ0) is 13.4. The van der Waals surface area contributed by atoms with Crippen LogP contribution in [-0.4, -0.2) is 26.9 Å². The lowest BCUT2D eigenvalue weighted by Gasteiger charge is -2.31. The molecule has 1 aromatic rings. The Kier molecular flexibility index (Phi) is 6.57. The van der Waals surface area contributed by atoms with E-state index in [1.165, 1.54) is 0 Å². The Morgan fingerprint density at radius 2 is 1.56 bits per heavy atom. The van der Waals surface area contributed by atoms with Gasteiger partial charge in [0.15, 0.2) is 0 Å². The maximum Gasteiger partial charge on any atom is 0.369 e. The zero-order valence-electron chi connectivity index (χ0n) is 11.6. The molecule has 0 radical (unpaired) electrons. The third-order valence-electron chi connectivity index (χ3n) is 2.80. The molecule has 0 aliphatic rings. The normalized spacial score (nSPS) is 13.6. The zero-order valence-corrected chi connectivity index (χ0v) is 12.6. The van der Waals surface area contributed by atoms with E-state index in [1.54, 1.807) is 0 Å². The number of hydrogen-bond acceptors (Lipinski definition) is 3. The Balaban J connectivity index is 2.80. The van der Waals surface area contributed by atoms with Crippen LogP contribution in [0.15, 0.2) is 30.3 Å². The second-order valence-electron chi connectivity index (χ2n) is 4.53. The highest BCUT2D eigenvalue weighted by atomic mass is 28.4. The monoisotopic (exact) mass is 268 g/mol. The Hall–Kier alpha value is -0.683. The summed E-state index contributed by atoms with van der Waals surface area (Å²) >= 11 is 0. The second kappa shape index (κ2) is 7.69. The lowest BCUT2D eigenvalue weighted by Crippen LogP contribution is -2.46. The van der Waals surface area contributed by atoms with Gasteiger partial charge in [-0.15, -0.1) is 0 Å². The first-order valence-electron chi connectivity index (χ1n) is 6.65. The second-order valence-corrected chi connectivity index (χ2v) is 7.68. The molecule has 0 fully saturated rings. The molecule has 1 N–H and O–H groups in total. The molecule has 102 valence electrons. The lowest BCUT2D eigenvalue weighted by atomic mass is 10.2. The molecule has 1 rings (SSSR count). The minimum absolute atomic E-state index is 0.635. The van der Waals surface area contributed by atoms with E-state index in [0.717, 1.165) is 18.4 Å². The van der Waals surface area contributed by atoms with Gasteiger partial charge in [-0.05, 0) is 25.0 Å².